The predicted octanol–water partition coefficient (Wildman–Crippen LogP) is 3.99. The molecule has 0 bridgehead atoms. The molecule has 0 heterocycles. The van der Waals surface area contributed by atoms with Crippen molar-refractivity contribution in [2.75, 3.05) is 6.54 Å². The fourth-order valence-electron chi connectivity index (χ4n) is 2.92. The lowest BCUT2D eigenvalue weighted by molar-refractivity contribution is 0.0916. The number of nitrogens with one attached hydrogen (secondary N) is 3. The number of halogens is 2. The SMILES string of the molecule is CC(C)CNC(=O)NC1CCCCC1NC(=O)c1cccc(Cl)c1Cl. The molecule has 1 aromatic rings. The largest absolute Gasteiger partial charge is 0.347 e. The Hall–Kier alpha value is -1.46. The molecule has 2 atom stereocenters. The molecule has 5 nitrogen and oxygen atoms in total. The van der Waals surface area contributed by atoms with Crippen molar-refractivity contribution < 1.29 is 9.59 Å². The third kappa shape index (κ3) is 5.79. The minimum absolute atomic E-state index is 0.0946. The smallest absolute Gasteiger partial charge is 0.315 e. The molecule has 0 radical (unpaired) electrons. The van der Waals surface area contributed by atoms with Crippen LogP contribution in [0.4, 0.5) is 4.79 Å². The van der Waals surface area contributed by atoms with E-state index in [1.54, 1.807) is 18.2 Å². The first-order chi connectivity index (χ1) is 11.9. The normalized spacial score (nSPS) is 20.2. The zero-order chi connectivity index (χ0) is 18.4. The van der Waals surface area contributed by atoms with Crippen LogP contribution in [0.1, 0.15) is 49.9 Å². The van der Waals surface area contributed by atoms with Gasteiger partial charge in [0.25, 0.3) is 5.91 Å². The van der Waals surface area contributed by atoms with Gasteiger partial charge in [-0.25, -0.2) is 4.79 Å². The molecular weight excluding hydrogens is 361 g/mol. The number of amides is 3. The van der Waals surface area contributed by atoms with Crippen molar-refractivity contribution in [2.24, 2.45) is 5.92 Å². The van der Waals surface area contributed by atoms with E-state index < -0.39 is 0 Å². The monoisotopic (exact) mass is 385 g/mol. The molecule has 25 heavy (non-hydrogen) atoms. The second-order valence-electron chi connectivity index (χ2n) is 6.82. The molecular formula is C18H25Cl2N3O2. The van der Waals surface area contributed by atoms with Gasteiger partial charge < -0.3 is 16.0 Å². The van der Waals surface area contributed by atoms with Crippen LogP contribution in [-0.4, -0.2) is 30.6 Å². The topological polar surface area (TPSA) is 70.2 Å². The summed E-state index contributed by atoms with van der Waals surface area (Å²) in [5.74, 6) is 0.117. The van der Waals surface area contributed by atoms with E-state index in [1.165, 1.54) is 0 Å². The van der Waals surface area contributed by atoms with Gasteiger partial charge in [-0.1, -0.05) is 56.0 Å². The van der Waals surface area contributed by atoms with Crippen LogP contribution in [0.25, 0.3) is 0 Å². The van der Waals surface area contributed by atoms with E-state index in [9.17, 15) is 9.59 Å². The zero-order valence-corrected chi connectivity index (χ0v) is 16.1. The molecule has 1 aliphatic carbocycles. The molecule has 3 amide bonds. The molecule has 1 aromatic carbocycles. The molecule has 7 heteroatoms. The van der Waals surface area contributed by atoms with Gasteiger partial charge in [-0.15, -0.1) is 0 Å². The van der Waals surface area contributed by atoms with Crippen LogP contribution in [0.3, 0.4) is 0 Å². The van der Waals surface area contributed by atoms with E-state index in [0.29, 0.717) is 23.0 Å². The summed E-state index contributed by atoms with van der Waals surface area (Å²) in [6.45, 7) is 4.70. The molecule has 0 saturated heterocycles. The lowest BCUT2D eigenvalue weighted by atomic mass is 9.90. The number of benzene rings is 1. The molecule has 1 saturated carbocycles. The average Bonchev–Trinajstić information content (AvgIpc) is 2.57. The summed E-state index contributed by atoms with van der Waals surface area (Å²) in [4.78, 5) is 24.6. The summed E-state index contributed by atoms with van der Waals surface area (Å²) in [6.07, 6.45) is 3.70. The fourth-order valence-corrected chi connectivity index (χ4v) is 3.30. The van der Waals surface area contributed by atoms with Gasteiger partial charge in [0.15, 0.2) is 0 Å². The van der Waals surface area contributed by atoms with Crippen LogP contribution < -0.4 is 16.0 Å². The molecule has 0 aliphatic heterocycles. The number of carbonyl (C=O) groups is 2. The molecule has 2 rings (SSSR count). The molecule has 3 N–H and O–H groups in total. The summed E-state index contributed by atoms with van der Waals surface area (Å²) in [5.41, 5.74) is 0.350. The molecule has 0 aromatic heterocycles. The van der Waals surface area contributed by atoms with Gasteiger partial charge in [0.1, 0.15) is 0 Å². The second kappa shape index (κ2) is 9.30. The van der Waals surface area contributed by atoms with Crippen LogP contribution in [0, 0.1) is 5.92 Å². The van der Waals surface area contributed by atoms with Crippen LogP contribution >= 0.6 is 23.2 Å². The average molecular weight is 386 g/mol. The number of urea groups is 1. The molecule has 1 fully saturated rings. The van der Waals surface area contributed by atoms with Crippen molar-refractivity contribution in [1.29, 1.82) is 0 Å². The highest BCUT2D eigenvalue weighted by molar-refractivity contribution is 6.43. The van der Waals surface area contributed by atoms with Crippen LogP contribution in [0.15, 0.2) is 18.2 Å². The van der Waals surface area contributed by atoms with Crippen molar-refractivity contribution in [3.05, 3.63) is 33.8 Å². The zero-order valence-electron chi connectivity index (χ0n) is 14.6. The van der Waals surface area contributed by atoms with E-state index in [-0.39, 0.29) is 29.0 Å². The third-order valence-corrected chi connectivity index (χ3v) is 5.08. The number of hydrogen-bond acceptors (Lipinski definition) is 2. The van der Waals surface area contributed by atoms with E-state index in [4.69, 9.17) is 23.2 Å². The summed E-state index contributed by atoms with van der Waals surface area (Å²) >= 11 is 12.1. The number of hydrogen-bond donors (Lipinski definition) is 3. The fraction of sp³-hybridized carbons (Fsp3) is 0.556. The lowest BCUT2D eigenvalue weighted by Gasteiger charge is -2.33. The van der Waals surface area contributed by atoms with Crippen molar-refractivity contribution in [3.63, 3.8) is 0 Å². The van der Waals surface area contributed by atoms with Gasteiger partial charge in [-0.05, 0) is 30.9 Å². The standard InChI is InChI=1S/C18H25Cl2N3O2/c1-11(2)10-21-18(25)23-15-9-4-3-8-14(15)22-17(24)12-6-5-7-13(19)16(12)20/h5-7,11,14-15H,3-4,8-10H2,1-2H3,(H,22,24)(H2,21,23,25). The Kier molecular flexibility index (Phi) is 7.38. The predicted molar refractivity (Wildman–Crippen MR) is 101 cm³/mol. The highest BCUT2D eigenvalue weighted by Crippen LogP contribution is 2.26. The van der Waals surface area contributed by atoms with Crippen molar-refractivity contribution in [1.82, 2.24) is 16.0 Å². The first-order valence-electron chi connectivity index (χ1n) is 8.67. The molecule has 0 spiro atoms. The Labute approximate surface area is 158 Å². The van der Waals surface area contributed by atoms with Crippen LogP contribution in [0.5, 0.6) is 0 Å². The molecule has 1 aliphatic rings. The third-order valence-electron chi connectivity index (χ3n) is 4.27. The molecule has 2 unspecified atom stereocenters. The van der Waals surface area contributed by atoms with Gasteiger partial charge >= 0.3 is 6.03 Å². The molecule has 138 valence electrons. The highest BCUT2D eigenvalue weighted by atomic mass is 35.5. The quantitative estimate of drug-likeness (QED) is 0.716. The van der Waals surface area contributed by atoms with Gasteiger partial charge in [0.2, 0.25) is 0 Å². The van der Waals surface area contributed by atoms with Gasteiger partial charge in [-0.3, -0.25) is 4.79 Å². The van der Waals surface area contributed by atoms with E-state index in [0.717, 1.165) is 25.7 Å². The minimum Gasteiger partial charge on any atom is -0.347 e. The summed E-state index contributed by atoms with van der Waals surface area (Å²) < 4.78 is 0. The van der Waals surface area contributed by atoms with Gasteiger partial charge in [-0.2, -0.15) is 0 Å². The summed E-state index contributed by atoms with van der Waals surface area (Å²) in [7, 11) is 0. The number of carbonyl (C=O) groups excluding carboxylic acids is 2. The van der Waals surface area contributed by atoms with Gasteiger partial charge in [0.05, 0.1) is 21.7 Å². The van der Waals surface area contributed by atoms with Crippen LogP contribution in [0.2, 0.25) is 10.0 Å². The lowest BCUT2D eigenvalue weighted by Crippen LogP contribution is -2.55. The van der Waals surface area contributed by atoms with E-state index in [2.05, 4.69) is 16.0 Å². The van der Waals surface area contributed by atoms with Crippen molar-refractivity contribution in [2.45, 2.75) is 51.6 Å². The first-order valence-corrected chi connectivity index (χ1v) is 9.43. The van der Waals surface area contributed by atoms with Crippen molar-refractivity contribution >= 4 is 35.1 Å². The first kappa shape index (κ1) is 19.9. The Morgan fingerprint density at radius 1 is 1.12 bits per heavy atom. The van der Waals surface area contributed by atoms with Crippen molar-refractivity contribution in [3.8, 4) is 0 Å². The second-order valence-corrected chi connectivity index (χ2v) is 7.61. The van der Waals surface area contributed by atoms with Crippen LogP contribution in [-0.2, 0) is 0 Å². The Bertz CT molecular complexity index is 622. The maximum Gasteiger partial charge on any atom is 0.315 e. The summed E-state index contributed by atoms with van der Waals surface area (Å²) in [5, 5.41) is 9.43. The Morgan fingerprint density at radius 3 is 2.40 bits per heavy atom. The minimum atomic E-state index is -0.270. The van der Waals surface area contributed by atoms with Gasteiger partial charge in [0, 0.05) is 12.6 Å². The summed E-state index contributed by atoms with van der Waals surface area (Å²) in [6, 6.07) is 4.57. The number of rotatable bonds is 5. The highest BCUT2D eigenvalue weighted by Gasteiger charge is 2.28. The maximum atomic E-state index is 12.5. The van der Waals surface area contributed by atoms with E-state index >= 15 is 0 Å². The Balaban J connectivity index is 1.99. The maximum absolute atomic E-state index is 12.5. The van der Waals surface area contributed by atoms with E-state index in [1.807, 2.05) is 13.8 Å². The Morgan fingerprint density at radius 2 is 1.76 bits per heavy atom.